The van der Waals surface area contributed by atoms with E-state index in [0.717, 1.165) is 6.07 Å². The predicted molar refractivity (Wildman–Crippen MR) is 84.4 cm³/mol. The highest BCUT2D eigenvalue weighted by atomic mass is 79.9. The van der Waals surface area contributed by atoms with Crippen LogP contribution in [0.15, 0.2) is 45.1 Å². The fourth-order valence-electron chi connectivity index (χ4n) is 1.55. The summed E-state index contributed by atoms with van der Waals surface area (Å²) in [6, 6.07) is 7.06. The molecule has 1 aromatic carbocycles. The Kier molecular flexibility index (Phi) is 5.12. The molecular weight excluding hydrogens is 394 g/mol. The van der Waals surface area contributed by atoms with Gasteiger partial charge >= 0.3 is 5.97 Å². The molecule has 0 fully saturated rings. The molecule has 0 saturated carbocycles. The van der Waals surface area contributed by atoms with Crippen molar-refractivity contribution >= 4 is 49.0 Å². The fourth-order valence-corrected chi connectivity index (χ4v) is 3.15. The van der Waals surface area contributed by atoms with Gasteiger partial charge in [0.2, 0.25) is 15.8 Å². The van der Waals surface area contributed by atoms with Gasteiger partial charge in [-0.1, -0.05) is 6.07 Å². The summed E-state index contributed by atoms with van der Waals surface area (Å²) < 4.78 is 27.9. The third kappa shape index (κ3) is 4.01. The van der Waals surface area contributed by atoms with Crippen LogP contribution >= 0.6 is 27.3 Å². The summed E-state index contributed by atoms with van der Waals surface area (Å²) in [5.41, 5.74) is -0.0227. The molecule has 6 nitrogen and oxygen atoms in total. The van der Waals surface area contributed by atoms with Crippen LogP contribution in [0.25, 0.3) is 0 Å². The highest BCUT2D eigenvalue weighted by Gasteiger charge is 2.18. The number of hydrogen-bond acceptors (Lipinski definition) is 6. The average Bonchev–Trinajstić information content (AvgIpc) is 2.97. The minimum absolute atomic E-state index is 0.0227. The molecule has 22 heavy (non-hydrogen) atoms. The Morgan fingerprint density at radius 3 is 2.59 bits per heavy atom. The molecule has 0 amide bonds. The van der Waals surface area contributed by atoms with Gasteiger partial charge in [0.25, 0.3) is 0 Å². The van der Waals surface area contributed by atoms with Crippen molar-refractivity contribution in [1.29, 1.82) is 0 Å². The molecule has 0 aliphatic rings. The van der Waals surface area contributed by atoms with E-state index < -0.39 is 22.6 Å². The highest BCUT2D eigenvalue weighted by Crippen LogP contribution is 2.21. The number of carbonyl (C=O) groups is 2. The van der Waals surface area contributed by atoms with Gasteiger partial charge in [-0.15, -0.1) is 11.3 Å². The lowest BCUT2D eigenvalue weighted by Crippen LogP contribution is -2.16. The maximum atomic E-state index is 12.0. The number of rotatable bonds is 5. The van der Waals surface area contributed by atoms with Gasteiger partial charge in [-0.05, 0) is 45.6 Å². The monoisotopic (exact) mass is 403 g/mol. The first-order valence-corrected chi connectivity index (χ1v) is 9.07. The number of ether oxygens (including phenoxy) is 1. The van der Waals surface area contributed by atoms with Crippen molar-refractivity contribution in [2.75, 3.05) is 6.61 Å². The van der Waals surface area contributed by atoms with Crippen LogP contribution in [0.4, 0.5) is 0 Å². The second-order valence-corrected chi connectivity index (χ2v) is 7.53. The van der Waals surface area contributed by atoms with Crippen LogP contribution < -0.4 is 5.14 Å². The fraction of sp³-hybridized carbons (Fsp3) is 0.0769. The van der Waals surface area contributed by atoms with Crippen LogP contribution in [0.3, 0.4) is 0 Å². The number of hydrogen-bond donors (Lipinski definition) is 1. The first-order valence-electron chi connectivity index (χ1n) is 5.85. The van der Waals surface area contributed by atoms with Gasteiger partial charge in [0.05, 0.1) is 15.3 Å². The van der Waals surface area contributed by atoms with Gasteiger partial charge in [-0.3, -0.25) is 4.79 Å². The minimum Gasteiger partial charge on any atom is -0.454 e. The van der Waals surface area contributed by atoms with Crippen LogP contribution in [0, 0.1) is 0 Å². The van der Waals surface area contributed by atoms with E-state index in [1.165, 1.54) is 23.5 Å². The molecule has 1 heterocycles. The van der Waals surface area contributed by atoms with E-state index in [9.17, 15) is 18.0 Å². The highest BCUT2D eigenvalue weighted by molar-refractivity contribution is 9.10. The summed E-state index contributed by atoms with van der Waals surface area (Å²) in [4.78, 5) is 24.0. The number of primary sulfonamides is 1. The van der Waals surface area contributed by atoms with Gasteiger partial charge in [-0.25, -0.2) is 18.4 Å². The molecule has 116 valence electrons. The normalized spacial score (nSPS) is 11.2. The van der Waals surface area contributed by atoms with Crippen LogP contribution in [-0.2, 0) is 14.8 Å². The van der Waals surface area contributed by atoms with Crippen molar-refractivity contribution in [3.05, 3.63) is 50.6 Å². The SMILES string of the molecule is NS(=O)(=O)c1ccc(Br)c(C(=O)OCC(=O)c2cccs2)c1. The Morgan fingerprint density at radius 1 is 1.27 bits per heavy atom. The summed E-state index contributed by atoms with van der Waals surface area (Å²) in [5, 5.41) is 6.75. The van der Waals surface area contributed by atoms with E-state index in [-0.39, 0.29) is 16.2 Å². The molecular formula is C13H10BrNO5S2. The molecule has 0 bridgehead atoms. The number of thiophene rings is 1. The molecule has 0 aliphatic carbocycles. The third-order valence-electron chi connectivity index (χ3n) is 2.62. The van der Waals surface area contributed by atoms with E-state index >= 15 is 0 Å². The molecule has 2 N–H and O–H groups in total. The van der Waals surface area contributed by atoms with Crippen LogP contribution in [0.2, 0.25) is 0 Å². The molecule has 2 aromatic rings. The molecule has 0 aliphatic heterocycles. The van der Waals surface area contributed by atoms with Crippen molar-refractivity contribution < 1.29 is 22.7 Å². The maximum Gasteiger partial charge on any atom is 0.339 e. The van der Waals surface area contributed by atoms with Crippen molar-refractivity contribution in [2.45, 2.75) is 4.90 Å². The predicted octanol–water partition coefficient (Wildman–Crippen LogP) is 2.20. The number of ketones is 1. The molecule has 0 radical (unpaired) electrons. The standard InChI is InChI=1S/C13H10BrNO5S2/c14-10-4-3-8(22(15,18)19)6-9(10)13(17)20-7-11(16)12-2-1-5-21-12/h1-6H,7H2,(H2,15,18,19). The molecule has 0 unspecified atom stereocenters. The lowest BCUT2D eigenvalue weighted by atomic mass is 10.2. The summed E-state index contributed by atoms with van der Waals surface area (Å²) >= 11 is 4.37. The van der Waals surface area contributed by atoms with Crippen molar-refractivity contribution in [3.8, 4) is 0 Å². The summed E-state index contributed by atoms with van der Waals surface area (Å²) in [5.74, 6) is -1.15. The Labute approximate surface area is 139 Å². The second kappa shape index (κ2) is 6.69. The number of benzene rings is 1. The second-order valence-electron chi connectivity index (χ2n) is 4.16. The largest absolute Gasteiger partial charge is 0.454 e. The molecule has 0 spiro atoms. The lowest BCUT2D eigenvalue weighted by Gasteiger charge is -2.07. The van der Waals surface area contributed by atoms with E-state index in [4.69, 9.17) is 9.88 Å². The van der Waals surface area contributed by atoms with E-state index in [1.54, 1.807) is 17.5 Å². The molecule has 1 aromatic heterocycles. The zero-order valence-electron chi connectivity index (χ0n) is 11.0. The van der Waals surface area contributed by atoms with E-state index in [1.807, 2.05) is 0 Å². The molecule has 9 heteroatoms. The Bertz CT molecular complexity index is 815. The van der Waals surface area contributed by atoms with Gasteiger partial charge < -0.3 is 4.74 Å². The van der Waals surface area contributed by atoms with Gasteiger partial charge in [0.15, 0.2) is 6.61 Å². The average molecular weight is 404 g/mol. The summed E-state index contributed by atoms with van der Waals surface area (Å²) in [6.07, 6.45) is 0. The van der Waals surface area contributed by atoms with Gasteiger partial charge in [0.1, 0.15) is 0 Å². The number of carbonyl (C=O) groups excluding carboxylic acids is 2. The van der Waals surface area contributed by atoms with Crippen molar-refractivity contribution in [1.82, 2.24) is 0 Å². The summed E-state index contributed by atoms with van der Waals surface area (Å²) in [6.45, 7) is -0.425. The zero-order valence-corrected chi connectivity index (χ0v) is 14.2. The van der Waals surface area contributed by atoms with Crippen molar-refractivity contribution in [2.24, 2.45) is 5.14 Å². The first kappa shape index (κ1) is 16.8. The number of esters is 1. The van der Waals surface area contributed by atoms with Crippen LogP contribution in [0.1, 0.15) is 20.0 Å². The zero-order chi connectivity index (χ0) is 16.3. The minimum atomic E-state index is -3.94. The Balaban J connectivity index is 2.14. The van der Waals surface area contributed by atoms with Crippen LogP contribution in [-0.4, -0.2) is 26.8 Å². The molecule has 2 rings (SSSR count). The maximum absolute atomic E-state index is 12.0. The lowest BCUT2D eigenvalue weighted by molar-refractivity contribution is 0.0474. The van der Waals surface area contributed by atoms with Gasteiger partial charge in [0, 0.05) is 4.47 Å². The quantitative estimate of drug-likeness (QED) is 0.608. The number of Topliss-reactive ketones (excluding diaryl/α,β-unsaturated/α-hetero) is 1. The topological polar surface area (TPSA) is 104 Å². The number of halogens is 1. The summed E-state index contributed by atoms with van der Waals surface area (Å²) in [7, 11) is -3.94. The Morgan fingerprint density at radius 2 is 2.00 bits per heavy atom. The molecule has 0 saturated heterocycles. The van der Waals surface area contributed by atoms with Gasteiger partial charge in [-0.2, -0.15) is 0 Å². The smallest absolute Gasteiger partial charge is 0.339 e. The molecule has 0 atom stereocenters. The number of nitrogens with two attached hydrogens (primary N) is 1. The Hall–Kier alpha value is -1.55. The van der Waals surface area contributed by atoms with Crippen molar-refractivity contribution in [3.63, 3.8) is 0 Å². The first-order chi connectivity index (χ1) is 10.3. The third-order valence-corrected chi connectivity index (χ3v) is 5.13. The number of sulfonamides is 1. The van der Waals surface area contributed by atoms with E-state index in [0.29, 0.717) is 9.35 Å². The van der Waals surface area contributed by atoms with Crippen LogP contribution in [0.5, 0.6) is 0 Å². The van der Waals surface area contributed by atoms with E-state index in [2.05, 4.69) is 15.9 Å².